The van der Waals surface area contributed by atoms with E-state index in [-0.39, 0.29) is 5.75 Å². The fourth-order valence-electron chi connectivity index (χ4n) is 3.79. The Labute approximate surface area is 141 Å². The molecule has 0 amide bonds. The first-order chi connectivity index (χ1) is 11.1. The van der Waals surface area contributed by atoms with Gasteiger partial charge in [0.1, 0.15) is 5.75 Å². The molecule has 3 rings (SSSR count). The van der Waals surface area contributed by atoms with Gasteiger partial charge in [0.15, 0.2) is 5.11 Å². The lowest BCUT2D eigenvalue weighted by Crippen LogP contribution is -2.51. The lowest BCUT2D eigenvalue weighted by atomic mass is 9.78. The number of ether oxygens (including phenoxy) is 1. The van der Waals surface area contributed by atoms with E-state index in [1.165, 1.54) is 50.7 Å². The molecule has 1 aliphatic heterocycles. The van der Waals surface area contributed by atoms with E-state index in [2.05, 4.69) is 15.0 Å². The number of fused-ring (bicyclic) bond motifs is 1. The van der Waals surface area contributed by atoms with Crippen LogP contribution in [0, 0.1) is 5.92 Å². The first kappa shape index (κ1) is 16.4. The van der Waals surface area contributed by atoms with E-state index in [0.29, 0.717) is 6.04 Å². The number of alkyl halides is 2. The Balaban J connectivity index is 1.61. The minimum absolute atomic E-state index is 0.154. The van der Waals surface area contributed by atoms with Gasteiger partial charge in [-0.3, -0.25) is 0 Å². The first-order valence-corrected chi connectivity index (χ1v) is 8.67. The van der Waals surface area contributed by atoms with Crippen LogP contribution in [0.4, 0.5) is 14.5 Å². The molecule has 0 unspecified atom stereocenters. The second-order valence-corrected chi connectivity index (χ2v) is 6.67. The third kappa shape index (κ3) is 4.10. The van der Waals surface area contributed by atoms with Crippen LogP contribution in [0.3, 0.4) is 0 Å². The molecular weight excluding hydrogens is 318 g/mol. The van der Waals surface area contributed by atoms with Crippen LogP contribution in [0.5, 0.6) is 5.75 Å². The van der Waals surface area contributed by atoms with Gasteiger partial charge in [-0.05, 0) is 68.1 Å². The Bertz CT molecular complexity index is 536. The van der Waals surface area contributed by atoms with Gasteiger partial charge >= 0.3 is 6.61 Å². The molecule has 0 bridgehead atoms. The van der Waals surface area contributed by atoms with Gasteiger partial charge in [-0.15, -0.1) is 0 Å². The molecule has 2 fully saturated rings. The number of thiocarbonyl (C=S) groups is 1. The van der Waals surface area contributed by atoms with Crippen molar-refractivity contribution in [3.63, 3.8) is 0 Å². The van der Waals surface area contributed by atoms with Crippen LogP contribution >= 0.6 is 12.2 Å². The van der Waals surface area contributed by atoms with Crippen molar-refractivity contribution in [1.29, 1.82) is 0 Å². The smallest absolute Gasteiger partial charge is 0.387 e. The third-order valence-electron chi connectivity index (χ3n) is 4.83. The number of nitrogens with zero attached hydrogens (tertiary/aromatic N) is 1. The van der Waals surface area contributed by atoms with E-state index in [4.69, 9.17) is 12.2 Å². The topological polar surface area (TPSA) is 24.5 Å². The molecule has 1 heterocycles. The molecule has 0 spiro atoms. The van der Waals surface area contributed by atoms with Gasteiger partial charge in [-0.25, -0.2) is 0 Å². The lowest BCUT2D eigenvalue weighted by molar-refractivity contribution is -0.0498. The van der Waals surface area contributed by atoms with Crippen LogP contribution in [0.2, 0.25) is 0 Å². The van der Waals surface area contributed by atoms with Crippen molar-refractivity contribution in [2.24, 2.45) is 5.92 Å². The standard InChI is InChI=1S/C17H22F2N2OS/c18-16(19)22-14-9-7-13(8-10-14)20-17(23)21-11-3-5-12-4-1-2-6-15(12)21/h7-10,12,15-16H,1-6,11H2,(H,20,23)/t12-,15-/m0/s1. The Hall–Kier alpha value is -1.43. The molecule has 2 aliphatic rings. The monoisotopic (exact) mass is 340 g/mol. The molecule has 1 saturated heterocycles. The number of benzene rings is 1. The molecule has 1 saturated carbocycles. The number of hydrogen-bond acceptors (Lipinski definition) is 2. The summed E-state index contributed by atoms with van der Waals surface area (Å²) < 4.78 is 28.7. The van der Waals surface area contributed by atoms with Crippen LogP contribution in [0.1, 0.15) is 38.5 Å². The van der Waals surface area contributed by atoms with E-state index >= 15 is 0 Å². The Morgan fingerprint density at radius 3 is 2.57 bits per heavy atom. The molecule has 126 valence electrons. The largest absolute Gasteiger partial charge is 0.435 e. The van der Waals surface area contributed by atoms with Gasteiger partial charge < -0.3 is 15.0 Å². The molecule has 1 aromatic rings. The molecular formula is C17H22F2N2OS. The van der Waals surface area contributed by atoms with Crippen molar-refractivity contribution < 1.29 is 13.5 Å². The van der Waals surface area contributed by atoms with E-state index in [1.54, 1.807) is 12.1 Å². The fourth-order valence-corrected chi connectivity index (χ4v) is 4.14. The molecule has 1 aliphatic carbocycles. The highest BCUT2D eigenvalue weighted by molar-refractivity contribution is 7.80. The van der Waals surface area contributed by atoms with Crippen LogP contribution < -0.4 is 10.1 Å². The molecule has 1 aromatic carbocycles. The minimum atomic E-state index is -2.80. The summed E-state index contributed by atoms with van der Waals surface area (Å²) in [6.45, 7) is -1.80. The predicted octanol–water partition coefficient (Wildman–Crippen LogP) is 4.64. The second-order valence-electron chi connectivity index (χ2n) is 6.28. The van der Waals surface area contributed by atoms with Crippen molar-refractivity contribution in [3.05, 3.63) is 24.3 Å². The Kier molecular flexibility index (Phi) is 5.30. The summed E-state index contributed by atoms with van der Waals surface area (Å²) in [5.74, 6) is 0.917. The molecule has 23 heavy (non-hydrogen) atoms. The zero-order valence-electron chi connectivity index (χ0n) is 13.0. The summed E-state index contributed by atoms with van der Waals surface area (Å²) in [5, 5.41) is 3.98. The number of hydrogen-bond donors (Lipinski definition) is 1. The minimum Gasteiger partial charge on any atom is -0.435 e. The van der Waals surface area contributed by atoms with E-state index in [9.17, 15) is 8.78 Å². The number of nitrogens with one attached hydrogen (secondary N) is 1. The maximum Gasteiger partial charge on any atom is 0.387 e. The van der Waals surface area contributed by atoms with Crippen molar-refractivity contribution in [1.82, 2.24) is 4.90 Å². The summed E-state index contributed by atoms with van der Waals surface area (Å²) in [5.41, 5.74) is 0.801. The van der Waals surface area contributed by atoms with Gasteiger partial charge in [0.25, 0.3) is 0 Å². The van der Waals surface area contributed by atoms with E-state index < -0.39 is 6.61 Å². The SMILES string of the molecule is FC(F)Oc1ccc(NC(=S)N2CCC[C@@H]3CCCC[C@@H]32)cc1. The molecule has 0 radical (unpaired) electrons. The fraction of sp³-hybridized carbons (Fsp3) is 0.588. The number of rotatable bonds is 3. The van der Waals surface area contributed by atoms with Crippen LogP contribution in [0.15, 0.2) is 24.3 Å². The molecule has 2 atom stereocenters. The van der Waals surface area contributed by atoms with Crippen molar-refractivity contribution in [2.45, 2.75) is 51.2 Å². The first-order valence-electron chi connectivity index (χ1n) is 8.26. The summed E-state index contributed by atoms with van der Waals surface area (Å²) in [4.78, 5) is 2.33. The van der Waals surface area contributed by atoms with Crippen molar-refractivity contribution in [2.75, 3.05) is 11.9 Å². The number of likely N-dealkylation sites (tertiary alicyclic amines) is 1. The van der Waals surface area contributed by atoms with Crippen molar-refractivity contribution in [3.8, 4) is 5.75 Å². The summed E-state index contributed by atoms with van der Waals surface area (Å²) in [6, 6.07) is 7.03. The maximum absolute atomic E-state index is 12.2. The average Bonchev–Trinajstić information content (AvgIpc) is 2.55. The van der Waals surface area contributed by atoms with Crippen LogP contribution in [-0.2, 0) is 0 Å². The quantitative estimate of drug-likeness (QED) is 0.810. The summed E-state index contributed by atoms with van der Waals surface area (Å²) in [6.07, 6.45) is 7.63. The van der Waals surface area contributed by atoms with Gasteiger partial charge in [0.2, 0.25) is 0 Å². The number of piperidine rings is 1. The highest BCUT2D eigenvalue weighted by atomic mass is 32.1. The van der Waals surface area contributed by atoms with E-state index in [1.807, 2.05) is 0 Å². The zero-order chi connectivity index (χ0) is 16.2. The second kappa shape index (κ2) is 7.43. The Morgan fingerprint density at radius 2 is 1.83 bits per heavy atom. The van der Waals surface area contributed by atoms with Gasteiger partial charge in [0, 0.05) is 18.3 Å². The highest BCUT2D eigenvalue weighted by Crippen LogP contribution is 2.35. The van der Waals surface area contributed by atoms with E-state index in [0.717, 1.165) is 23.3 Å². The maximum atomic E-state index is 12.2. The normalized spacial score (nSPS) is 24.2. The van der Waals surface area contributed by atoms with Gasteiger partial charge in [0.05, 0.1) is 0 Å². The molecule has 3 nitrogen and oxygen atoms in total. The van der Waals surface area contributed by atoms with Gasteiger partial charge in [-0.1, -0.05) is 12.8 Å². The third-order valence-corrected chi connectivity index (χ3v) is 5.17. The van der Waals surface area contributed by atoms with Crippen LogP contribution in [0.25, 0.3) is 0 Å². The lowest BCUT2D eigenvalue weighted by Gasteiger charge is -2.45. The molecule has 1 N–H and O–H groups in total. The average molecular weight is 340 g/mol. The highest BCUT2D eigenvalue weighted by Gasteiger charge is 2.34. The van der Waals surface area contributed by atoms with Crippen LogP contribution in [-0.4, -0.2) is 29.2 Å². The number of halogens is 2. The summed E-state index contributed by atoms with van der Waals surface area (Å²) >= 11 is 5.59. The molecule has 0 aromatic heterocycles. The zero-order valence-corrected chi connectivity index (χ0v) is 13.8. The number of anilines is 1. The predicted molar refractivity (Wildman–Crippen MR) is 91.0 cm³/mol. The van der Waals surface area contributed by atoms with Crippen molar-refractivity contribution >= 4 is 23.0 Å². The van der Waals surface area contributed by atoms with Gasteiger partial charge in [-0.2, -0.15) is 8.78 Å². The Morgan fingerprint density at radius 1 is 1.13 bits per heavy atom. The molecule has 6 heteroatoms. The summed E-state index contributed by atoms with van der Waals surface area (Å²) in [7, 11) is 0.